The van der Waals surface area contributed by atoms with Crippen LogP contribution >= 0.6 is 11.6 Å². The van der Waals surface area contributed by atoms with E-state index in [1.807, 2.05) is 0 Å². The van der Waals surface area contributed by atoms with Crippen LogP contribution in [0.25, 0.3) is 11.3 Å². The summed E-state index contributed by atoms with van der Waals surface area (Å²) in [7, 11) is 1.55. The number of carbonyl (C=O) groups is 3. The third-order valence-corrected chi connectivity index (χ3v) is 7.09. The van der Waals surface area contributed by atoms with E-state index in [4.69, 9.17) is 25.5 Å². The minimum atomic E-state index is -0.537. The van der Waals surface area contributed by atoms with Gasteiger partial charge in [-0.2, -0.15) is 5.10 Å². The van der Waals surface area contributed by atoms with E-state index in [-0.39, 0.29) is 31.4 Å². The van der Waals surface area contributed by atoms with Crippen LogP contribution in [-0.4, -0.2) is 37.2 Å². The fourth-order valence-corrected chi connectivity index (χ4v) is 4.80. The summed E-state index contributed by atoms with van der Waals surface area (Å²) in [6.07, 6.45) is 0.291. The highest BCUT2D eigenvalue weighted by atomic mass is 35.5. The van der Waals surface area contributed by atoms with Crippen LogP contribution in [0.1, 0.15) is 47.8 Å². The molecule has 222 valence electrons. The number of hydrogen-bond donors (Lipinski definition) is 1. The molecule has 2 amide bonds. The van der Waals surface area contributed by atoms with E-state index in [2.05, 4.69) is 10.4 Å². The van der Waals surface area contributed by atoms with Gasteiger partial charge >= 0.3 is 5.97 Å². The van der Waals surface area contributed by atoms with Gasteiger partial charge in [-0.15, -0.1) is 0 Å². The highest BCUT2D eigenvalue weighted by Crippen LogP contribution is 2.31. The first-order valence-electron chi connectivity index (χ1n) is 13.3. The van der Waals surface area contributed by atoms with Crippen molar-refractivity contribution >= 4 is 46.5 Å². The number of nitrogens with one attached hydrogen (secondary N) is 1. The highest BCUT2D eigenvalue weighted by molar-refractivity contribution is 6.34. The van der Waals surface area contributed by atoms with Crippen molar-refractivity contribution < 1.29 is 28.3 Å². The van der Waals surface area contributed by atoms with Crippen molar-refractivity contribution in [2.75, 3.05) is 24.0 Å². The van der Waals surface area contributed by atoms with Crippen LogP contribution in [0.3, 0.4) is 0 Å². The fourth-order valence-electron chi connectivity index (χ4n) is 4.60. The number of amides is 2. The Labute approximate surface area is 255 Å². The zero-order chi connectivity index (χ0) is 29.8. The Kier molecular flexibility index (Phi) is 9.67. The lowest BCUT2D eigenvalue weighted by Gasteiger charge is -2.15. The molecule has 0 spiro atoms. The summed E-state index contributed by atoms with van der Waals surface area (Å²) in [6.45, 7) is 3.77. The third kappa shape index (κ3) is 6.79. The van der Waals surface area contributed by atoms with Gasteiger partial charge in [-0.25, -0.2) is 9.80 Å². The number of furan rings is 1. The average Bonchev–Trinajstić information content (AvgIpc) is 3.58. The van der Waals surface area contributed by atoms with E-state index >= 15 is 0 Å². The molecule has 43 heavy (non-hydrogen) atoms. The largest absolute Gasteiger partial charge is 0.497 e. The maximum atomic E-state index is 13.3. The van der Waals surface area contributed by atoms with Crippen LogP contribution in [0.5, 0.6) is 5.75 Å². The number of esters is 1. The van der Waals surface area contributed by atoms with Crippen LogP contribution in [0, 0.1) is 5.92 Å². The van der Waals surface area contributed by atoms with Crippen molar-refractivity contribution in [2.45, 2.75) is 27.7 Å². The average molecular weight is 602 g/mol. The third-order valence-electron chi connectivity index (χ3n) is 6.76. The molecule has 1 aliphatic heterocycles. The minimum Gasteiger partial charge on any atom is -0.497 e. The molecule has 2 heterocycles. The number of anilines is 2. The van der Waals surface area contributed by atoms with Gasteiger partial charge in [0.1, 0.15) is 17.3 Å². The monoisotopic (exact) mass is 601 g/mol. The highest BCUT2D eigenvalue weighted by Gasteiger charge is 2.35. The maximum absolute atomic E-state index is 13.3. The Hall–Kier alpha value is -4.89. The molecule has 9 nitrogen and oxygen atoms in total. The SMILES string of the molecule is C.CCOC(=O)c1cccc(N2N=C(C)C(Cc3ccc(-c4ccc(Cl)c(C(=O)Nc5cccc(OC)c5)c4)o3)C2=O)c1. The lowest BCUT2D eigenvalue weighted by Crippen LogP contribution is -2.28. The number of ether oxygens (including phenoxy) is 2. The molecular formula is C33H32ClN3O6. The Balaban J connectivity index is 0.00000423. The summed E-state index contributed by atoms with van der Waals surface area (Å²) in [5.74, 6) is 0.115. The predicted octanol–water partition coefficient (Wildman–Crippen LogP) is 7.26. The number of hydrogen-bond acceptors (Lipinski definition) is 7. The first kappa shape index (κ1) is 31.1. The van der Waals surface area contributed by atoms with E-state index in [0.717, 1.165) is 0 Å². The minimum absolute atomic E-state index is 0. The number of benzene rings is 3. The van der Waals surface area contributed by atoms with Gasteiger partial charge in [-0.1, -0.05) is 31.2 Å². The van der Waals surface area contributed by atoms with E-state index in [9.17, 15) is 14.4 Å². The maximum Gasteiger partial charge on any atom is 0.338 e. The predicted molar refractivity (Wildman–Crippen MR) is 167 cm³/mol. The normalized spacial score (nSPS) is 14.1. The zero-order valence-electron chi connectivity index (χ0n) is 23.2. The van der Waals surface area contributed by atoms with Gasteiger partial charge in [0.05, 0.1) is 41.5 Å². The van der Waals surface area contributed by atoms with Crippen molar-refractivity contribution in [3.63, 3.8) is 0 Å². The Morgan fingerprint density at radius 2 is 1.84 bits per heavy atom. The number of carbonyl (C=O) groups excluding carboxylic acids is 3. The van der Waals surface area contributed by atoms with Crippen molar-refractivity contribution in [1.29, 1.82) is 0 Å². The summed E-state index contributed by atoms with van der Waals surface area (Å²) in [4.78, 5) is 38.5. The summed E-state index contributed by atoms with van der Waals surface area (Å²) in [5.41, 5.74) is 2.96. The molecule has 0 bridgehead atoms. The van der Waals surface area contributed by atoms with E-state index in [0.29, 0.717) is 56.9 Å². The quantitative estimate of drug-likeness (QED) is 0.202. The van der Waals surface area contributed by atoms with Crippen molar-refractivity contribution in [3.8, 4) is 17.1 Å². The van der Waals surface area contributed by atoms with Gasteiger partial charge in [-0.05, 0) is 74.5 Å². The lowest BCUT2D eigenvalue weighted by atomic mass is 9.99. The van der Waals surface area contributed by atoms with Crippen molar-refractivity contribution in [2.24, 2.45) is 11.0 Å². The van der Waals surface area contributed by atoms with E-state index in [1.54, 1.807) is 99.8 Å². The first-order valence-corrected chi connectivity index (χ1v) is 13.7. The zero-order valence-corrected chi connectivity index (χ0v) is 24.0. The smallest absolute Gasteiger partial charge is 0.338 e. The summed E-state index contributed by atoms with van der Waals surface area (Å²) in [5, 5.41) is 8.89. The Bertz CT molecular complexity index is 1700. The van der Waals surface area contributed by atoms with Gasteiger partial charge in [-0.3, -0.25) is 9.59 Å². The molecule has 1 aromatic heterocycles. The molecule has 1 atom stereocenters. The molecule has 1 unspecified atom stereocenters. The molecule has 4 aromatic rings. The number of methoxy groups -OCH3 is 1. The molecule has 1 aliphatic rings. The summed E-state index contributed by atoms with van der Waals surface area (Å²) < 4.78 is 16.4. The molecule has 5 rings (SSSR count). The van der Waals surface area contributed by atoms with Crippen LogP contribution < -0.4 is 15.1 Å². The van der Waals surface area contributed by atoms with Gasteiger partial charge in [0, 0.05) is 29.4 Å². The van der Waals surface area contributed by atoms with Gasteiger partial charge in [0.2, 0.25) is 0 Å². The van der Waals surface area contributed by atoms with E-state index < -0.39 is 11.9 Å². The molecule has 3 aromatic carbocycles. The van der Waals surface area contributed by atoms with Crippen LogP contribution in [0.15, 0.2) is 88.4 Å². The molecule has 0 saturated heterocycles. The second-order valence-corrected chi connectivity index (χ2v) is 9.97. The lowest BCUT2D eigenvalue weighted by molar-refractivity contribution is -0.119. The van der Waals surface area contributed by atoms with Crippen molar-refractivity contribution in [1.82, 2.24) is 0 Å². The molecule has 10 heteroatoms. The fraction of sp³-hybridized carbons (Fsp3) is 0.212. The number of rotatable bonds is 9. The first-order chi connectivity index (χ1) is 20.3. The molecule has 0 saturated carbocycles. The van der Waals surface area contributed by atoms with Crippen LogP contribution in [0.4, 0.5) is 11.4 Å². The van der Waals surface area contributed by atoms with Gasteiger partial charge in [0.15, 0.2) is 0 Å². The summed E-state index contributed by atoms with van der Waals surface area (Å²) >= 11 is 6.36. The molecule has 0 radical (unpaired) electrons. The van der Waals surface area contributed by atoms with Gasteiger partial charge < -0.3 is 19.2 Å². The van der Waals surface area contributed by atoms with Gasteiger partial charge in [0.25, 0.3) is 11.8 Å². The molecule has 0 aliphatic carbocycles. The number of halogens is 1. The topological polar surface area (TPSA) is 110 Å². The van der Waals surface area contributed by atoms with Crippen molar-refractivity contribution in [3.05, 3.63) is 101 Å². The van der Waals surface area contributed by atoms with Crippen LogP contribution in [0.2, 0.25) is 5.02 Å². The number of hydrazone groups is 1. The number of nitrogens with zero attached hydrogens (tertiary/aromatic N) is 2. The second kappa shape index (κ2) is 13.4. The Morgan fingerprint density at radius 3 is 2.60 bits per heavy atom. The summed E-state index contributed by atoms with van der Waals surface area (Å²) in [6, 6.07) is 22.3. The molecule has 0 fully saturated rings. The van der Waals surface area contributed by atoms with Crippen LogP contribution in [-0.2, 0) is 16.0 Å². The Morgan fingerprint density at radius 1 is 1.05 bits per heavy atom. The molecule has 1 N–H and O–H groups in total. The van der Waals surface area contributed by atoms with E-state index in [1.165, 1.54) is 5.01 Å². The molecular weight excluding hydrogens is 570 g/mol. The standard InChI is InChI=1S/C32H28ClN3O6.CH4/c1-4-41-32(39)21-7-5-9-23(15-21)36-31(38)26(19(2)35-36)18-25-12-14-29(42-25)20-11-13-28(33)27(16-20)30(37)34-22-8-6-10-24(17-22)40-3;/h5-17,26H,4,18H2,1-3H3,(H,34,37);1H4. The second-order valence-electron chi connectivity index (χ2n) is 9.57.